The van der Waals surface area contributed by atoms with Gasteiger partial charge in [-0.25, -0.2) is 0 Å². The predicted molar refractivity (Wildman–Crippen MR) is 273 cm³/mol. The van der Waals surface area contributed by atoms with E-state index in [2.05, 4.69) is 209 Å². The Morgan fingerprint density at radius 2 is 1.21 bits per heavy atom. The summed E-state index contributed by atoms with van der Waals surface area (Å²) in [5, 5.41) is 11.7. The van der Waals surface area contributed by atoms with Gasteiger partial charge in [0.2, 0.25) is 0 Å². The summed E-state index contributed by atoms with van der Waals surface area (Å²) in [6, 6.07) is 56.8. The molecule has 1 N–H and O–H groups in total. The molecule has 10 rings (SSSR count). The van der Waals surface area contributed by atoms with E-state index in [1.807, 2.05) is 27.7 Å². The average molecular weight is 808 g/mol. The summed E-state index contributed by atoms with van der Waals surface area (Å²) < 4.78 is 0. The van der Waals surface area contributed by atoms with E-state index in [0.29, 0.717) is 11.8 Å². The van der Waals surface area contributed by atoms with Crippen molar-refractivity contribution in [2.75, 3.05) is 5.32 Å². The summed E-state index contributed by atoms with van der Waals surface area (Å²) in [6.45, 7) is 17.1. The number of allylic oxidation sites excluding steroid dienone is 2. The normalized spacial score (nSPS) is 14.4. The Morgan fingerprint density at radius 1 is 0.565 bits per heavy atom. The zero-order chi connectivity index (χ0) is 43.3. The summed E-state index contributed by atoms with van der Waals surface area (Å²) >= 11 is 0. The molecule has 8 aromatic rings. The Labute approximate surface area is 370 Å². The maximum atomic E-state index is 3.94. The first-order valence-corrected chi connectivity index (χ1v) is 23.0. The zero-order valence-electron chi connectivity index (χ0n) is 37.9. The summed E-state index contributed by atoms with van der Waals surface area (Å²) in [6.07, 6.45) is 11.6. The number of aryl methyl sites for hydroxylation is 1. The van der Waals surface area contributed by atoms with Crippen LogP contribution in [-0.2, 0) is 6.42 Å². The SMILES string of the molecule is CC.CC.Cc1cc(-c2ccc3c(c2)C=CC2=C(c4ccc(-c5cc6ccc7ccccc7c6c6ccccc56)cc4)c4ccccc4NC23)ccc1CC(C)C/C=C\C(C)C. The summed E-state index contributed by atoms with van der Waals surface area (Å²) in [4.78, 5) is 0. The van der Waals surface area contributed by atoms with Gasteiger partial charge in [0.25, 0.3) is 0 Å². The van der Waals surface area contributed by atoms with E-state index in [1.54, 1.807) is 0 Å². The lowest BCUT2D eigenvalue weighted by Crippen LogP contribution is -2.22. The number of rotatable bonds is 8. The minimum atomic E-state index is 0.0632. The second-order valence-corrected chi connectivity index (χ2v) is 16.9. The van der Waals surface area contributed by atoms with Gasteiger partial charge >= 0.3 is 0 Å². The van der Waals surface area contributed by atoms with Crippen molar-refractivity contribution in [2.24, 2.45) is 11.8 Å². The summed E-state index contributed by atoms with van der Waals surface area (Å²) in [7, 11) is 0. The van der Waals surface area contributed by atoms with Gasteiger partial charge in [-0.05, 0) is 143 Å². The minimum absolute atomic E-state index is 0.0632. The summed E-state index contributed by atoms with van der Waals surface area (Å²) in [5.74, 6) is 1.23. The highest BCUT2D eigenvalue weighted by Gasteiger charge is 2.31. The van der Waals surface area contributed by atoms with Crippen molar-refractivity contribution in [2.45, 2.75) is 74.3 Å². The lowest BCUT2D eigenvalue weighted by Gasteiger charge is -2.34. The van der Waals surface area contributed by atoms with Crippen molar-refractivity contribution in [1.29, 1.82) is 0 Å². The highest BCUT2D eigenvalue weighted by molar-refractivity contribution is 6.23. The molecule has 1 heterocycles. The Hall–Kier alpha value is -6.44. The molecule has 2 aliphatic rings. The molecule has 0 bridgehead atoms. The Bertz CT molecular complexity index is 2970. The van der Waals surface area contributed by atoms with E-state index in [9.17, 15) is 0 Å². The predicted octanol–water partition coefficient (Wildman–Crippen LogP) is 17.6. The molecule has 0 radical (unpaired) electrons. The fraction of sp³-hybridized carbons (Fsp3) is 0.213. The monoisotopic (exact) mass is 807 g/mol. The highest BCUT2D eigenvalue weighted by atomic mass is 14.9. The van der Waals surface area contributed by atoms with Gasteiger partial charge in [0.15, 0.2) is 0 Å². The molecule has 8 aromatic carbocycles. The molecule has 2 unspecified atom stereocenters. The molecule has 1 aliphatic heterocycles. The molecule has 310 valence electrons. The maximum Gasteiger partial charge on any atom is 0.0779 e. The van der Waals surface area contributed by atoms with Crippen LogP contribution in [0.3, 0.4) is 0 Å². The first-order chi connectivity index (χ1) is 30.4. The highest BCUT2D eigenvalue weighted by Crippen LogP contribution is 2.48. The molecule has 1 nitrogen and oxygen atoms in total. The van der Waals surface area contributed by atoms with Gasteiger partial charge in [-0.3, -0.25) is 0 Å². The van der Waals surface area contributed by atoms with Crippen LogP contribution in [0.2, 0.25) is 0 Å². The van der Waals surface area contributed by atoms with Gasteiger partial charge in [0.1, 0.15) is 0 Å². The second-order valence-electron chi connectivity index (χ2n) is 16.9. The molecule has 0 fully saturated rings. The third kappa shape index (κ3) is 8.17. The van der Waals surface area contributed by atoms with Crippen LogP contribution in [0.25, 0.3) is 66.2 Å². The van der Waals surface area contributed by atoms with Crippen LogP contribution in [0.15, 0.2) is 175 Å². The van der Waals surface area contributed by atoms with Crippen molar-refractivity contribution in [3.8, 4) is 22.3 Å². The molecule has 0 amide bonds. The molecule has 2 atom stereocenters. The van der Waals surface area contributed by atoms with Crippen LogP contribution in [0.1, 0.15) is 94.3 Å². The number of hydrogen-bond donors (Lipinski definition) is 1. The van der Waals surface area contributed by atoms with Gasteiger partial charge in [0, 0.05) is 11.3 Å². The molecule has 0 aromatic heterocycles. The molecule has 0 saturated carbocycles. The van der Waals surface area contributed by atoms with Crippen LogP contribution >= 0.6 is 0 Å². The lowest BCUT2D eigenvalue weighted by molar-refractivity contribution is 0.585. The maximum absolute atomic E-state index is 3.94. The Kier molecular flexibility index (Phi) is 12.7. The van der Waals surface area contributed by atoms with Crippen LogP contribution in [0, 0.1) is 18.8 Å². The van der Waals surface area contributed by atoms with E-state index in [0.717, 1.165) is 12.8 Å². The second kappa shape index (κ2) is 18.7. The van der Waals surface area contributed by atoms with Crippen molar-refractivity contribution in [3.05, 3.63) is 209 Å². The average Bonchev–Trinajstić information content (AvgIpc) is 3.32. The number of hydrogen-bond acceptors (Lipinski definition) is 1. The van der Waals surface area contributed by atoms with Crippen molar-refractivity contribution >= 4 is 49.7 Å². The molecule has 0 saturated heterocycles. The third-order valence-corrected chi connectivity index (χ3v) is 12.5. The lowest BCUT2D eigenvalue weighted by atomic mass is 9.78. The first-order valence-electron chi connectivity index (χ1n) is 23.0. The molecule has 62 heavy (non-hydrogen) atoms. The van der Waals surface area contributed by atoms with Gasteiger partial charge in [-0.1, -0.05) is 206 Å². The standard InChI is InChI=1S/C57H49N.2C2H6/c1-36(2)12-11-13-37(3)32-42-25-26-43(33-38(42)4)44-28-30-48-45(34-44)29-31-52-55(51-18-9-10-19-54(51)58-57(48)52)41-23-20-40(21-24-41)53-35-46-27-22-39-14-5-6-15-47(39)56(46)50-17-8-7-16-49(50)53;2*1-2/h5-12,14-31,33-37,57-58H,13,32H2,1-4H3;2*1-2H3/b12-11-;;. The molecule has 1 aliphatic carbocycles. The first kappa shape index (κ1) is 42.3. The fourth-order valence-corrected chi connectivity index (χ4v) is 9.53. The minimum Gasteiger partial charge on any atom is -0.374 e. The summed E-state index contributed by atoms with van der Waals surface area (Å²) in [5.41, 5.74) is 16.7. The van der Waals surface area contributed by atoms with Gasteiger partial charge < -0.3 is 5.32 Å². The Balaban J connectivity index is 0.00000129. The molecular formula is C61H61N. The van der Waals surface area contributed by atoms with Gasteiger partial charge in [-0.2, -0.15) is 0 Å². The van der Waals surface area contributed by atoms with Gasteiger partial charge in [-0.15, -0.1) is 0 Å². The molecule has 0 spiro atoms. The van der Waals surface area contributed by atoms with Crippen molar-refractivity contribution in [1.82, 2.24) is 0 Å². The third-order valence-electron chi connectivity index (χ3n) is 12.5. The largest absolute Gasteiger partial charge is 0.374 e. The zero-order valence-corrected chi connectivity index (χ0v) is 37.9. The van der Waals surface area contributed by atoms with E-state index >= 15 is 0 Å². The number of benzene rings is 8. The van der Waals surface area contributed by atoms with Crippen LogP contribution in [0.4, 0.5) is 5.69 Å². The van der Waals surface area contributed by atoms with E-state index in [4.69, 9.17) is 0 Å². The number of para-hydroxylation sites is 1. The quantitative estimate of drug-likeness (QED) is 0.119. The molecular weight excluding hydrogens is 747 g/mol. The van der Waals surface area contributed by atoms with Crippen molar-refractivity contribution in [3.63, 3.8) is 0 Å². The number of nitrogens with one attached hydrogen (secondary N) is 1. The van der Waals surface area contributed by atoms with E-state index in [-0.39, 0.29) is 6.04 Å². The van der Waals surface area contributed by atoms with Crippen LogP contribution < -0.4 is 5.32 Å². The number of fused-ring (bicyclic) bond motifs is 9. The smallest absolute Gasteiger partial charge is 0.0779 e. The van der Waals surface area contributed by atoms with E-state index < -0.39 is 0 Å². The van der Waals surface area contributed by atoms with Crippen molar-refractivity contribution < 1.29 is 0 Å². The van der Waals surface area contributed by atoms with Gasteiger partial charge in [0.05, 0.1) is 6.04 Å². The number of anilines is 1. The Morgan fingerprint density at radius 3 is 1.98 bits per heavy atom. The van der Waals surface area contributed by atoms with Crippen LogP contribution in [-0.4, -0.2) is 0 Å². The molecule has 1 heteroatoms. The van der Waals surface area contributed by atoms with E-state index in [1.165, 1.54) is 105 Å². The topological polar surface area (TPSA) is 12.0 Å². The fourth-order valence-electron chi connectivity index (χ4n) is 9.53. The van der Waals surface area contributed by atoms with Crippen LogP contribution in [0.5, 0.6) is 0 Å².